The first-order valence-corrected chi connectivity index (χ1v) is 7.84. The molecule has 1 N–H and O–H groups in total. The lowest BCUT2D eigenvalue weighted by Gasteiger charge is -2.11. The molecule has 0 aliphatic heterocycles. The molecule has 0 aliphatic carbocycles. The maximum atomic E-state index is 12.6. The molecule has 0 unspecified atom stereocenters. The Morgan fingerprint density at radius 2 is 1.88 bits per heavy atom. The fourth-order valence-electron chi connectivity index (χ4n) is 2.62. The van der Waals surface area contributed by atoms with Crippen molar-refractivity contribution in [1.29, 1.82) is 0 Å². The number of nitrogens with one attached hydrogen (secondary N) is 1. The Balaban J connectivity index is 2.05. The van der Waals surface area contributed by atoms with E-state index in [0.717, 1.165) is 11.1 Å². The van der Waals surface area contributed by atoms with Gasteiger partial charge in [0, 0.05) is 18.8 Å². The van der Waals surface area contributed by atoms with Crippen molar-refractivity contribution < 1.29 is 9.53 Å². The van der Waals surface area contributed by atoms with E-state index in [4.69, 9.17) is 4.74 Å². The van der Waals surface area contributed by atoms with Gasteiger partial charge in [-0.2, -0.15) is 0 Å². The number of carbonyl (C=O) groups is 1. The lowest BCUT2D eigenvalue weighted by atomic mass is 10.1. The van der Waals surface area contributed by atoms with E-state index in [2.05, 4.69) is 10.3 Å². The summed E-state index contributed by atoms with van der Waals surface area (Å²) in [6.07, 6.45) is 0. The fourth-order valence-corrected chi connectivity index (χ4v) is 2.62. The van der Waals surface area contributed by atoms with Crippen LogP contribution in [0.2, 0.25) is 0 Å². The van der Waals surface area contributed by atoms with Crippen LogP contribution >= 0.6 is 0 Å². The highest BCUT2D eigenvalue weighted by Gasteiger charge is 2.17. The van der Waals surface area contributed by atoms with Crippen LogP contribution in [0.25, 0.3) is 11.0 Å². The number of anilines is 1. The first-order chi connectivity index (χ1) is 11.9. The minimum atomic E-state index is -0.547. The molecule has 6 heteroatoms. The van der Waals surface area contributed by atoms with Gasteiger partial charge in [-0.15, -0.1) is 0 Å². The van der Waals surface area contributed by atoms with E-state index in [-0.39, 0.29) is 5.69 Å². The molecule has 0 aliphatic rings. The van der Waals surface area contributed by atoms with E-state index in [0.29, 0.717) is 22.5 Å². The van der Waals surface area contributed by atoms with Crippen LogP contribution in [0.15, 0.2) is 41.2 Å². The molecule has 0 bridgehead atoms. The van der Waals surface area contributed by atoms with Crippen LogP contribution in [0.1, 0.15) is 21.6 Å². The van der Waals surface area contributed by atoms with E-state index in [1.54, 1.807) is 38.4 Å². The number of benzene rings is 2. The van der Waals surface area contributed by atoms with Crippen molar-refractivity contribution in [2.24, 2.45) is 7.05 Å². The standard InChI is InChI=1S/C19H19N3O3/c1-11-8-15-16(9-12(11)2)22(3)19(24)17(21-15)18(23)20-13-6-5-7-14(10-13)25-4/h5-10H,1-4H3,(H,20,23). The highest BCUT2D eigenvalue weighted by molar-refractivity contribution is 6.03. The molecule has 128 valence electrons. The molecule has 2 aromatic carbocycles. The molecule has 1 heterocycles. The van der Waals surface area contributed by atoms with Gasteiger partial charge in [0.2, 0.25) is 0 Å². The van der Waals surface area contributed by atoms with Crippen molar-refractivity contribution >= 4 is 22.6 Å². The molecule has 1 aromatic heterocycles. The predicted molar refractivity (Wildman–Crippen MR) is 97.4 cm³/mol. The van der Waals surface area contributed by atoms with Crippen LogP contribution in [-0.2, 0) is 7.05 Å². The molecule has 25 heavy (non-hydrogen) atoms. The maximum Gasteiger partial charge on any atom is 0.282 e. The number of hydrogen-bond donors (Lipinski definition) is 1. The maximum absolute atomic E-state index is 12.6. The van der Waals surface area contributed by atoms with Gasteiger partial charge in [-0.1, -0.05) is 6.07 Å². The van der Waals surface area contributed by atoms with Crippen molar-refractivity contribution in [3.8, 4) is 5.75 Å². The molecule has 1 amide bonds. The summed E-state index contributed by atoms with van der Waals surface area (Å²) in [7, 11) is 3.19. The second kappa shape index (κ2) is 6.39. The Morgan fingerprint density at radius 1 is 1.16 bits per heavy atom. The molecule has 0 saturated carbocycles. The van der Waals surface area contributed by atoms with Gasteiger partial charge in [0.25, 0.3) is 11.5 Å². The number of amides is 1. The first kappa shape index (κ1) is 16.7. The van der Waals surface area contributed by atoms with Gasteiger partial charge in [0.15, 0.2) is 5.69 Å². The average molecular weight is 337 g/mol. The largest absolute Gasteiger partial charge is 0.497 e. The summed E-state index contributed by atoms with van der Waals surface area (Å²) >= 11 is 0. The van der Waals surface area contributed by atoms with Gasteiger partial charge in [0.1, 0.15) is 5.75 Å². The molecular weight excluding hydrogens is 318 g/mol. The summed E-state index contributed by atoms with van der Waals surface area (Å²) in [5.74, 6) is 0.0669. The van der Waals surface area contributed by atoms with Gasteiger partial charge >= 0.3 is 0 Å². The summed E-state index contributed by atoms with van der Waals surface area (Å²) in [5, 5.41) is 2.70. The Bertz CT molecular complexity index is 1040. The summed E-state index contributed by atoms with van der Waals surface area (Å²) in [6, 6.07) is 10.7. The Morgan fingerprint density at radius 3 is 2.60 bits per heavy atom. The zero-order valence-electron chi connectivity index (χ0n) is 14.6. The van der Waals surface area contributed by atoms with E-state index in [1.807, 2.05) is 26.0 Å². The Labute approximate surface area is 145 Å². The van der Waals surface area contributed by atoms with E-state index >= 15 is 0 Å². The van der Waals surface area contributed by atoms with E-state index in [9.17, 15) is 9.59 Å². The van der Waals surface area contributed by atoms with Crippen LogP contribution in [0, 0.1) is 13.8 Å². The topological polar surface area (TPSA) is 73.2 Å². The van der Waals surface area contributed by atoms with E-state index < -0.39 is 11.5 Å². The molecule has 0 fully saturated rings. The molecule has 3 aromatic rings. The number of hydrogen-bond acceptors (Lipinski definition) is 4. The third kappa shape index (κ3) is 3.10. The van der Waals surface area contributed by atoms with Gasteiger partial charge in [-0.05, 0) is 49.2 Å². The monoisotopic (exact) mass is 337 g/mol. The van der Waals surface area contributed by atoms with Crippen LogP contribution in [-0.4, -0.2) is 22.6 Å². The molecule has 3 rings (SSSR count). The Kier molecular flexibility index (Phi) is 4.27. The summed E-state index contributed by atoms with van der Waals surface area (Å²) in [6.45, 7) is 3.94. The normalized spacial score (nSPS) is 10.7. The predicted octanol–water partition coefficient (Wildman–Crippen LogP) is 2.81. The molecule has 0 radical (unpaired) electrons. The number of aryl methyl sites for hydroxylation is 3. The number of carbonyl (C=O) groups excluding carboxylic acids is 1. The molecule has 6 nitrogen and oxygen atoms in total. The zero-order chi connectivity index (χ0) is 18.1. The molecule has 0 atom stereocenters. The fraction of sp³-hybridized carbons (Fsp3) is 0.211. The van der Waals surface area contributed by atoms with Gasteiger partial charge in [-0.3, -0.25) is 9.59 Å². The van der Waals surface area contributed by atoms with Crippen LogP contribution < -0.4 is 15.6 Å². The lowest BCUT2D eigenvalue weighted by molar-refractivity contribution is 0.102. The number of rotatable bonds is 3. The van der Waals surface area contributed by atoms with Crippen molar-refractivity contribution in [2.45, 2.75) is 13.8 Å². The van der Waals surface area contributed by atoms with Gasteiger partial charge < -0.3 is 14.6 Å². The number of methoxy groups -OCH3 is 1. The number of aromatic nitrogens is 2. The zero-order valence-corrected chi connectivity index (χ0v) is 14.6. The number of nitrogens with zero attached hydrogens (tertiary/aromatic N) is 2. The Hall–Kier alpha value is -3.15. The quantitative estimate of drug-likeness (QED) is 0.797. The summed E-state index contributed by atoms with van der Waals surface area (Å²) in [5.41, 5.74) is 3.40. The van der Waals surface area contributed by atoms with Crippen molar-refractivity contribution in [2.75, 3.05) is 12.4 Å². The SMILES string of the molecule is COc1cccc(NC(=O)c2nc3cc(C)c(C)cc3n(C)c2=O)c1. The van der Waals surface area contributed by atoms with Crippen LogP contribution in [0.5, 0.6) is 5.75 Å². The molecule has 0 spiro atoms. The summed E-state index contributed by atoms with van der Waals surface area (Å²) in [4.78, 5) is 29.4. The second-order valence-electron chi connectivity index (χ2n) is 5.94. The molecule has 0 saturated heterocycles. The lowest BCUT2D eigenvalue weighted by Crippen LogP contribution is -2.29. The molecular formula is C19H19N3O3. The second-order valence-corrected chi connectivity index (χ2v) is 5.94. The third-order valence-corrected chi connectivity index (χ3v) is 4.23. The summed E-state index contributed by atoms with van der Waals surface area (Å²) < 4.78 is 6.59. The van der Waals surface area contributed by atoms with Gasteiger partial charge in [-0.25, -0.2) is 4.98 Å². The van der Waals surface area contributed by atoms with Crippen molar-refractivity contribution in [3.05, 3.63) is 63.6 Å². The minimum absolute atomic E-state index is 0.138. The van der Waals surface area contributed by atoms with E-state index in [1.165, 1.54) is 4.57 Å². The number of fused-ring (bicyclic) bond motifs is 1. The van der Waals surface area contributed by atoms with Crippen molar-refractivity contribution in [3.63, 3.8) is 0 Å². The van der Waals surface area contributed by atoms with Crippen LogP contribution in [0.3, 0.4) is 0 Å². The highest BCUT2D eigenvalue weighted by Crippen LogP contribution is 2.18. The van der Waals surface area contributed by atoms with Crippen molar-refractivity contribution in [1.82, 2.24) is 9.55 Å². The van der Waals surface area contributed by atoms with Crippen LogP contribution in [0.4, 0.5) is 5.69 Å². The van der Waals surface area contributed by atoms with Gasteiger partial charge in [0.05, 0.1) is 18.1 Å². The average Bonchev–Trinajstić information content (AvgIpc) is 2.60. The first-order valence-electron chi connectivity index (χ1n) is 7.84. The number of ether oxygens (including phenoxy) is 1. The highest BCUT2D eigenvalue weighted by atomic mass is 16.5. The third-order valence-electron chi connectivity index (χ3n) is 4.23. The smallest absolute Gasteiger partial charge is 0.282 e. The minimum Gasteiger partial charge on any atom is -0.497 e.